The predicted molar refractivity (Wildman–Crippen MR) is 125 cm³/mol. The molecule has 0 aliphatic rings. The van der Waals surface area contributed by atoms with Crippen molar-refractivity contribution in [2.75, 3.05) is 20.6 Å². The van der Waals surface area contributed by atoms with Crippen LogP contribution in [0.3, 0.4) is 0 Å². The van der Waals surface area contributed by atoms with Crippen molar-refractivity contribution in [3.63, 3.8) is 0 Å². The lowest BCUT2D eigenvalue weighted by atomic mass is 10.1. The summed E-state index contributed by atoms with van der Waals surface area (Å²) in [6.07, 6.45) is 0.786. The fourth-order valence-electron chi connectivity index (χ4n) is 3.48. The van der Waals surface area contributed by atoms with Crippen LogP contribution in [0.4, 0.5) is 0 Å². The summed E-state index contributed by atoms with van der Waals surface area (Å²) in [4.78, 5) is 16.1. The van der Waals surface area contributed by atoms with E-state index < -0.39 is 0 Å². The maximum atomic E-state index is 11.8. The largest absolute Gasteiger partial charge is 0.356 e. The third kappa shape index (κ3) is 5.72. The molecule has 3 aromatic rings. The third-order valence-corrected chi connectivity index (χ3v) is 5.02. The molecule has 7 nitrogen and oxygen atoms in total. The number of aliphatic imine (C=N–C) groups is 1. The lowest BCUT2D eigenvalue weighted by Gasteiger charge is -2.15. The first-order valence-corrected chi connectivity index (χ1v) is 10.4. The zero-order valence-electron chi connectivity index (χ0n) is 18.6. The van der Waals surface area contributed by atoms with Gasteiger partial charge in [-0.1, -0.05) is 30.3 Å². The highest BCUT2D eigenvalue weighted by Gasteiger charge is 2.09. The van der Waals surface area contributed by atoms with Crippen molar-refractivity contribution in [1.29, 1.82) is 0 Å². The SMILES string of the molecule is CN=C(NCCc1cccc(C(=O)NC)c1)NCc1ccccc1-n1nc(C)cc1C. The first-order valence-electron chi connectivity index (χ1n) is 10.4. The zero-order valence-corrected chi connectivity index (χ0v) is 18.6. The molecule has 1 aromatic heterocycles. The maximum absolute atomic E-state index is 11.8. The molecule has 1 heterocycles. The Bertz CT molecular complexity index is 1070. The van der Waals surface area contributed by atoms with Crippen molar-refractivity contribution in [1.82, 2.24) is 25.7 Å². The van der Waals surface area contributed by atoms with Gasteiger partial charge in [0.2, 0.25) is 0 Å². The monoisotopic (exact) mass is 418 g/mol. The van der Waals surface area contributed by atoms with E-state index in [9.17, 15) is 4.79 Å². The van der Waals surface area contributed by atoms with Gasteiger partial charge in [0, 0.05) is 38.4 Å². The van der Waals surface area contributed by atoms with Crippen LogP contribution in [0.15, 0.2) is 59.6 Å². The van der Waals surface area contributed by atoms with Gasteiger partial charge in [-0.15, -0.1) is 0 Å². The molecule has 2 aromatic carbocycles. The molecule has 0 spiro atoms. The van der Waals surface area contributed by atoms with E-state index in [-0.39, 0.29) is 5.91 Å². The van der Waals surface area contributed by atoms with E-state index in [0.717, 1.165) is 40.6 Å². The molecule has 0 aliphatic carbocycles. The minimum absolute atomic E-state index is 0.0754. The van der Waals surface area contributed by atoms with E-state index in [2.05, 4.69) is 51.2 Å². The molecule has 0 aliphatic heterocycles. The van der Waals surface area contributed by atoms with E-state index in [4.69, 9.17) is 0 Å². The number of nitrogens with one attached hydrogen (secondary N) is 3. The average molecular weight is 419 g/mol. The Hall–Kier alpha value is -3.61. The number of hydrogen-bond donors (Lipinski definition) is 3. The van der Waals surface area contributed by atoms with Gasteiger partial charge >= 0.3 is 0 Å². The summed E-state index contributed by atoms with van der Waals surface area (Å²) in [7, 11) is 3.40. The second kappa shape index (κ2) is 10.4. The number of rotatable bonds is 7. The third-order valence-electron chi connectivity index (χ3n) is 5.02. The quantitative estimate of drug-likeness (QED) is 0.407. The normalized spacial score (nSPS) is 11.3. The number of para-hydroxylation sites is 1. The van der Waals surface area contributed by atoms with Crippen molar-refractivity contribution in [3.05, 3.63) is 82.7 Å². The van der Waals surface area contributed by atoms with Gasteiger partial charge in [0.1, 0.15) is 0 Å². The highest BCUT2D eigenvalue weighted by Crippen LogP contribution is 2.16. The molecule has 0 unspecified atom stereocenters. The van der Waals surface area contributed by atoms with Crippen molar-refractivity contribution < 1.29 is 4.79 Å². The molecule has 0 saturated carbocycles. The van der Waals surface area contributed by atoms with Crippen LogP contribution in [0.1, 0.15) is 32.9 Å². The highest BCUT2D eigenvalue weighted by atomic mass is 16.1. The van der Waals surface area contributed by atoms with Gasteiger partial charge in [-0.3, -0.25) is 9.79 Å². The summed E-state index contributed by atoms with van der Waals surface area (Å²) in [5.74, 6) is 0.652. The van der Waals surface area contributed by atoms with Gasteiger partial charge in [0.15, 0.2) is 5.96 Å². The minimum Gasteiger partial charge on any atom is -0.356 e. The van der Waals surface area contributed by atoms with Crippen LogP contribution in [-0.2, 0) is 13.0 Å². The van der Waals surface area contributed by atoms with Gasteiger partial charge < -0.3 is 16.0 Å². The summed E-state index contributed by atoms with van der Waals surface area (Å²) in [6, 6.07) is 18.0. The van der Waals surface area contributed by atoms with Crippen molar-refractivity contribution in [2.24, 2.45) is 4.99 Å². The Morgan fingerprint density at radius 1 is 1.06 bits per heavy atom. The topological polar surface area (TPSA) is 83.3 Å². The molecule has 3 N–H and O–H groups in total. The van der Waals surface area contributed by atoms with Crippen LogP contribution < -0.4 is 16.0 Å². The molecule has 162 valence electrons. The van der Waals surface area contributed by atoms with Gasteiger partial charge in [0.25, 0.3) is 5.91 Å². The number of hydrogen-bond acceptors (Lipinski definition) is 3. The smallest absolute Gasteiger partial charge is 0.251 e. The maximum Gasteiger partial charge on any atom is 0.251 e. The van der Waals surface area contributed by atoms with E-state index in [1.807, 2.05) is 48.0 Å². The number of carbonyl (C=O) groups is 1. The Morgan fingerprint density at radius 3 is 2.58 bits per heavy atom. The molecule has 1 amide bonds. The first kappa shape index (κ1) is 22.1. The molecular formula is C24H30N6O. The zero-order chi connectivity index (χ0) is 22.2. The van der Waals surface area contributed by atoms with Crippen molar-refractivity contribution >= 4 is 11.9 Å². The van der Waals surface area contributed by atoms with Crippen LogP contribution in [0.2, 0.25) is 0 Å². The molecule has 0 fully saturated rings. The van der Waals surface area contributed by atoms with Gasteiger partial charge in [-0.05, 0) is 55.7 Å². The molecule has 0 bridgehead atoms. The molecule has 31 heavy (non-hydrogen) atoms. The van der Waals surface area contributed by atoms with Crippen molar-refractivity contribution in [3.8, 4) is 5.69 Å². The number of benzene rings is 2. The van der Waals surface area contributed by atoms with Crippen molar-refractivity contribution in [2.45, 2.75) is 26.8 Å². The van der Waals surface area contributed by atoms with Crippen LogP contribution in [0, 0.1) is 13.8 Å². The van der Waals surface area contributed by atoms with Crippen LogP contribution in [0.25, 0.3) is 5.69 Å². The van der Waals surface area contributed by atoms with Gasteiger partial charge in [0.05, 0.1) is 11.4 Å². The number of aryl methyl sites for hydroxylation is 2. The van der Waals surface area contributed by atoms with E-state index in [1.165, 1.54) is 0 Å². The minimum atomic E-state index is -0.0754. The second-order valence-corrected chi connectivity index (χ2v) is 7.35. The van der Waals surface area contributed by atoms with Gasteiger partial charge in [-0.2, -0.15) is 5.10 Å². The van der Waals surface area contributed by atoms with E-state index in [1.54, 1.807) is 14.1 Å². The molecular weight excluding hydrogens is 388 g/mol. The summed E-state index contributed by atoms with van der Waals surface area (Å²) in [5.41, 5.74) is 6.06. The average Bonchev–Trinajstić information content (AvgIpc) is 3.13. The Labute approximate surface area is 183 Å². The summed E-state index contributed by atoms with van der Waals surface area (Å²) in [6.45, 7) is 5.39. The molecule has 0 saturated heterocycles. The lowest BCUT2D eigenvalue weighted by Crippen LogP contribution is -2.38. The summed E-state index contributed by atoms with van der Waals surface area (Å²) < 4.78 is 1.97. The standard InChI is InChI=1S/C24H30N6O/c1-17-14-18(2)30(29-17)22-11-6-5-9-21(22)16-28-24(26-4)27-13-12-19-8-7-10-20(15-19)23(31)25-3/h5-11,14-15H,12-13,16H2,1-4H3,(H,25,31)(H2,26,27,28). The molecule has 3 rings (SSSR count). The Morgan fingerprint density at radius 2 is 1.87 bits per heavy atom. The Balaban J connectivity index is 1.59. The number of amides is 1. The number of aromatic nitrogens is 2. The van der Waals surface area contributed by atoms with Crippen LogP contribution in [-0.4, -0.2) is 42.3 Å². The molecule has 0 atom stereocenters. The predicted octanol–water partition coefficient (Wildman–Crippen LogP) is 2.76. The van der Waals surface area contributed by atoms with E-state index >= 15 is 0 Å². The summed E-state index contributed by atoms with van der Waals surface area (Å²) >= 11 is 0. The van der Waals surface area contributed by atoms with Crippen LogP contribution >= 0.6 is 0 Å². The first-order chi connectivity index (χ1) is 15.0. The second-order valence-electron chi connectivity index (χ2n) is 7.35. The molecule has 7 heteroatoms. The summed E-state index contributed by atoms with van der Waals surface area (Å²) in [5, 5.41) is 14.0. The number of nitrogens with zero attached hydrogens (tertiary/aromatic N) is 3. The Kier molecular flexibility index (Phi) is 7.43. The number of carbonyl (C=O) groups excluding carboxylic acids is 1. The molecule has 0 radical (unpaired) electrons. The fourth-order valence-corrected chi connectivity index (χ4v) is 3.48. The fraction of sp³-hybridized carbons (Fsp3) is 0.292. The lowest BCUT2D eigenvalue weighted by molar-refractivity contribution is 0.0963. The van der Waals surface area contributed by atoms with E-state index in [0.29, 0.717) is 18.7 Å². The number of guanidine groups is 1. The van der Waals surface area contributed by atoms with Gasteiger partial charge in [-0.25, -0.2) is 4.68 Å². The van der Waals surface area contributed by atoms with Crippen LogP contribution in [0.5, 0.6) is 0 Å². The highest BCUT2D eigenvalue weighted by molar-refractivity contribution is 5.94.